The summed E-state index contributed by atoms with van der Waals surface area (Å²) in [5.41, 5.74) is 5.99. The number of nitrogens with two attached hydrogens (primary N) is 1. The molecule has 0 saturated carbocycles. The average molecular weight is 254 g/mol. The molecule has 0 fully saturated rings. The molecule has 0 aromatic heterocycles. The van der Waals surface area contributed by atoms with Crippen LogP contribution in [-0.4, -0.2) is 29.9 Å². The summed E-state index contributed by atoms with van der Waals surface area (Å²) in [4.78, 5) is 13.6. The van der Waals surface area contributed by atoms with Crippen molar-refractivity contribution in [3.05, 3.63) is 11.6 Å². The van der Waals surface area contributed by atoms with Gasteiger partial charge in [0.2, 0.25) is 5.91 Å². The van der Waals surface area contributed by atoms with Crippen molar-refractivity contribution in [2.45, 2.75) is 65.8 Å². The molecule has 0 radical (unpaired) electrons. The Morgan fingerprint density at radius 1 is 1.17 bits per heavy atom. The third kappa shape index (κ3) is 6.80. The molecule has 0 aromatic rings. The van der Waals surface area contributed by atoms with Gasteiger partial charge in [-0.15, -0.1) is 0 Å². The van der Waals surface area contributed by atoms with Crippen molar-refractivity contribution < 1.29 is 4.79 Å². The van der Waals surface area contributed by atoms with E-state index in [1.165, 1.54) is 25.7 Å². The smallest absolute Gasteiger partial charge is 0.244 e. The zero-order chi connectivity index (χ0) is 14.0. The first-order chi connectivity index (χ1) is 8.56. The summed E-state index contributed by atoms with van der Waals surface area (Å²) in [6.07, 6.45) is 7.90. The van der Waals surface area contributed by atoms with Crippen LogP contribution < -0.4 is 5.73 Å². The molecule has 18 heavy (non-hydrogen) atoms. The van der Waals surface area contributed by atoms with E-state index >= 15 is 0 Å². The van der Waals surface area contributed by atoms with Crippen LogP contribution in [0.5, 0.6) is 0 Å². The van der Waals surface area contributed by atoms with Gasteiger partial charge in [-0.25, -0.2) is 0 Å². The SMILES string of the molecule is CCCCN(CCCC)C(C=C(C)C(N)=O)CC. The van der Waals surface area contributed by atoms with Crippen LogP contribution in [0.3, 0.4) is 0 Å². The van der Waals surface area contributed by atoms with E-state index in [0.29, 0.717) is 11.6 Å². The minimum absolute atomic E-state index is 0.306. The Morgan fingerprint density at radius 3 is 2.00 bits per heavy atom. The molecule has 106 valence electrons. The van der Waals surface area contributed by atoms with Gasteiger partial charge >= 0.3 is 0 Å². The molecule has 0 saturated heterocycles. The molecule has 0 aromatic carbocycles. The third-order valence-corrected chi connectivity index (χ3v) is 3.32. The summed E-state index contributed by atoms with van der Waals surface area (Å²) in [7, 11) is 0. The molecular weight excluding hydrogens is 224 g/mol. The first-order valence-electron chi connectivity index (χ1n) is 7.29. The number of carbonyl (C=O) groups excluding carboxylic acids is 1. The Bertz CT molecular complexity index is 253. The summed E-state index contributed by atoms with van der Waals surface area (Å²) in [6, 6.07) is 0.343. The van der Waals surface area contributed by atoms with Gasteiger partial charge in [-0.1, -0.05) is 39.7 Å². The predicted molar refractivity (Wildman–Crippen MR) is 78.4 cm³/mol. The Morgan fingerprint density at radius 2 is 1.67 bits per heavy atom. The van der Waals surface area contributed by atoms with Gasteiger partial charge in [-0.3, -0.25) is 9.69 Å². The Balaban J connectivity index is 4.67. The number of amides is 1. The van der Waals surface area contributed by atoms with Crippen molar-refractivity contribution in [3.63, 3.8) is 0 Å². The molecule has 1 amide bonds. The maximum Gasteiger partial charge on any atom is 0.244 e. The molecule has 0 spiro atoms. The van der Waals surface area contributed by atoms with Crippen molar-refractivity contribution in [1.29, 1.82) is 0 Å². The summed E-state index contributed by atoms with van der Waals surface area (Å²) in [6.45, 7) is 10.6. The average Bonchev–Trinajstić information content (AvgIpc) is 2.36. The second-order valence-electron chi connectivity index (χ2n) is 4.93. The predicted octanol–water partition coefficient (Wildman–Crippen LogP) is 3.10. The van der Waals surface area contributed by atoms with E-state index in [2.05, 4.69) is 25.7 Å². The van der Waals surface area contributed by atoms with Crippen LogP contribution in [0.4, 0.5) is 0 Å². The third-order valence-electron chi connectivity index (χ3n) is 3.32. The molecule has 0 aliphatic heterocycles. The highest BCUT2D eigenvalue weighted by molar-refractivity contribution is 5.91. The maximum atomic E-state index is 11.1. The normalized spacial score (nSPS) is 13.9. The van der Waals surface area contributed by atoms with Gasteiger partial charge in [-0.2, -0.15) is 0 Å². The summed E-state index contributed by atoms with van der Waals surface area (Å²) >= 11 is 0. The summed E-state index contributed by atoms with van der Waals surface area (Å²) in [5, 5.41) is 0. The zero-order valence-electron chi connectivity index (χ0n) is 12.5. The molecular formula is C15H30N2O. The quantitative estimate of drug-likeness (QED) is 0.609. The highest BCUT2D eigenvalue weighted by atomic mass is 16.1. The first kappa shape index (κ1) is 17.2. The van der Waals surface area contributed by atoms with Gasteiger partial charge in [0.25, 0.3) is 0 Å². The van der Waals surface area contributed by atoms with Gasteiger partial charge in [0, 0.05) is 11.6 Å². The molecule has 1 unspecified atom stereocenters. The lowest BCUT2D eigenvalue weighted by Gasteiger charge is -2.29. The largest absolute Gasteiger partial charge is 0.366 e. The van der Waals surface area contributed by atoms with E-state index in [1.54, 1.807) is 0 Å². The molecule has 2 N–H and O–H groups in total. The van der Waals surface area contributed by atoms with Gasteiger partial charge in [0.05, 0.1) is 0 Å². The number of unbranched alkanes of at least 4 members (excludes halogenated alkanes) is 2. The van der Waals surface area contributed by atoms with Gasteiger partial charge < -0.3 is 5.73 Å². The molecule has 0 heterocycles. The molecule has 0 bridgehead atoms. The molecule has 0 aliphatic rings. The van der Waals surface area contributed by atoms with Crippen molar-refractivity contribution in [3.8, 4) is 0 Å². The lowest BCUT2D eigenvalue weighted by atomic mass is 10.1. The fraction of sp³-hybridized carbons (Fsp3) is 0.800. The van der Waals surface area contributed by atoms with E-state index in [0.717, 1.165) is 19.5 Å². The lowest BCUT2D eigenvalue weighted by Crippen LogP contribution is -2.36. The summed E-state index contributed by atoms with van der Waals surface area (Å²) in [5.74, 6) is -0.306. The minimum atomic E-state index is -0.306. The van der Waals surface area contributed by atoms with E-state index in [-0.39, 0.29) is 5.91 Å². The fourth-order valence-electron chi connectivity index (χ4n) is 2.02. The van der Waals surface area contributed by atoms with Gasteiger partial charge in [0.1, 0.15) is 0 Å². The van der Waals surface area contributed by atoms with Crippen LogP contribution in [0.25, 0.3) is 0 Å². The van der Waals surface area contributed by atoms with Crippen molar-refractivity contribution >= 4 is 5.91 Å². The van der Waals surface area contributed by atoms with Crippen LogP contribution in [-0.2, 0) is 4.79 Å². The zero-order valence-corrected chi connectivity index (χ0v) is 12.5. The van der Waals surface area contributed by atoms with Crippen molar-refractivity contribution in [2.75, 3.05) is 13.1 Å². The van der Waals surface area contributed by atoms with Crippen LogP contribution in [0.1, 0.15) is 59.8 Å². The minimum Gasteiger partial charge on any atom is -0.366 e. The molecule has 0 rings (SSSR count). The van der Waals surface area contributed by atoms with Crippen LogP contribution in [0.15, 0.2) is 11.6 Å². The standard InChI is InChI=1S/C15H30N2O/c1-5-8-10-17(11-9-6-2)14(7-3)12-13(4)15(16)18/h12,14H,5-11H2,1-4H3,(H2,16,18). The highest BCUT2D eigenvalue weighted by Gasteiger charge is 2.14. The number of carbonyl (C=O) groups is 1. The van der Waals surface area contributed by atoms with Crippen LogP contribution >= 0.6 is 0 Å². The van der Waals surface area contributed by atoms with Crippen molar-refractivity contribution in [2.24, 2.45) is 5.73 Å². The number of hydrogen-bond donors (Lipinski definition) is 1. The van der Waals surface area contributed by atoms with E-state index in [1.807, 2.05) is 13.0 Å². The fourth-order valence-corrected chi connectivity index (χ4v) is 2.02. The second-order valence-corrected chi connectivity index (χ2v) is 4.93. The van der Waals surface area contributed by atoms with Gasteiger partial charge in [-0.05, 0) is 39.3 Å². The Labute approximate surface area is 112 Å². The maximum absolute atomic E-state index is 11.1. The number of nitrogens with zero attached hydrogens (tertiary/aromatic N) is 1. The monoisotopic (exact) mass is 254 g/mol. The van der Waals surface area contributed by atoms with Crippen LogP contribution in [0.2, 0.25) is 0 Å². The summed E-state index contributed by atoms with van der Waals surface area (Å²) < 4.78 is 0. The highest BCUT2D eigenvalue weighted by Crippen LogP contribution is 2.12. The first-order valence-corrected chi connectivity index (χ1v) is 7.29. The van der Waals surface area contributed by atoms with E-state index in [9.17, 15) is 4.79 Å². The number of hydrogen-bond acceptors (Lipinski definition) is 2. The Kier molecular flexibility index (Phi) is 9.66. The second kappa shape index (κ2) is 10.1. The number of primary amides is 1. The van der Waals surface area contributed by atoms with E-state index < -0.39 is 0 Å². The van der Waals surface area contributed by atoms with Crippen molar-refractivity contribution in [1.82, 2.24) is 4.90 Å². The molecule has 3 heteroatoms. The molecule has 3 nitrogen and oxygen atoms in total. The number of rotatable bonds is 10. The topological polar surface area (TPSA) is 46.3 Å². The van der Waals surface area contributed by atoms with Crippen LogP contribution in [0, 0.1) is 0 Å². The molecule has 1 atom stereocenters. The Hall–Kier alpha value is -0.830. The van der Waals surface area contributed by atoms with E-state index in [4.69, 9.17) is 5.73 Å². The molecule has 0 aliphatic carbocycles. The lowest BCUT2D eigenvalue weighted by molar-refractivity contribution is -0.114. The van der Waals surface area contributed by atoms with Gasteiger partial charge in [0.15, 0.2) is 0 Å².